The standard InChI is InChI=1S/C22H25N5O2/c1-14(2)21-23-12-19-22(28)25(5)20(13-26(19)21)29-17-8-6-16(7-9-17)18-10-11-27(24-18)15(3)4/h6-15H,1-5H3. The lowest BCUT2D eigenvalue weighted by molar-refractivity contribution is 0.430. The lowest BCUT2D eigenvalue weighted by Gasteiger charge is -2.12. The van der Waals surface area contributed by atoms with Crippen molar-refractivity contribution < 1.29 is 4.74 Å². The Morgan fingerprint density at radius 1 is 1.03 bits per heavy atom. The third kappa shape index (κ3) is 3.44. The number of benzene rings is 1. The predicted molar refractivity (Wildman–Crippen MR) is 113 cm³/mol. The van der Waals surface area contributed by atoms with Crippen molar-refractivity contribution in [1.29, 1.82) is 0 Å². The number of nitrogens with zero attached hydrogens (tertiary/aromatic N) is 5. The van der Waals surface area contributed by atoms with Gasteiger partial charge in [0.15, 0.2) is 0 Å². The monoisotopic (exact) mass is 391 g/mol. The normalized spacial score (nSPS) is 11.7. The van der Waals surface area contributed by atoms with Crippen molar-refractivity contribution in [3.05, 3.63) is 65.1 Å². The van der Waals surface area contributed by atoms with E-state index < -0.39 is 0 Å². The molecule has 0 radical (unpaired) electrons. The van der Waals surface area contributed by atoms with Crippen LogP contribution in [0, 0.1) is 0 Å². The summed E-state index contributed by atoms with van der Waals surface area (Å²) in [7, 11) is 1.70. The van der Waals surface area contributed by atoms with Crippen LogP contribution in [0.3, 0.4) is 0 Å². The van der Waals surface area contributed by atoms with Crippen molar-refractivity contribution in [3.8, 4) is 22.9 Å². The van der Waals surface area contributed by atoms with Crippen molar-refractivity contribution in [3.63, 3.8) is 0 Å². The summed E-state index contributed by atoms with van der Waals surface area (Å²) < 4.78 is 11.3. The first-order chi connectivity index (χ1) is 13.8. The van der Waals surface area contributed by atoms with Crippen LogP contribution in [0.1, 0.15) is 45.5 Å². The van der Waals surface area contributed by atoms with Crippen LogP contribution in [0.5, 0.6) is 11.6 Å². The first-order valence-corrected chi connectivity index (χ1v) is 9.75. The highest BCUT2D eigenvalue weighted by Crippen LogP contribution is 2.26. The number of fused-ring (bicyclic) bond motifs is 1. The van der Waals surface area contributed by atoms with Crippen molar-refractivity contribution in [2.45, 2.75) is 39.7 Å². The number of ether oxygens (including phenoxy) is 1. The lowest BCUT2D eigenvalue weighted by Crippen LogP contribution is -2.20. The summed E-state index contributed by atoms with van der Waals surface area (Å²) in [4.78, 5) is 17.1. The molecule has 3 heterocycles. The summed E-state index contributed by atoms with van der Waals surface area (Å²) in [6.45, 7) is 8.29. The molecule has 0 saturated heterocycles. The molecule has 150 valence electrons. The summed E-state index contributed by atoms with van der Waals surface area (Å²) in [5.41, 5.74) is 2.33. The van der Waals surface area contributed by atoms with E-state index in [1.54, 1.807) is 13.2 Å². The molecule has 0 saturated carbocycles. The third-order valence-electron chi connectivity index (χ3n) is 4.95. The molecular formula is C22H25N5O2. The van der Waals surface area contributed by atoms with Gasteiger partial charge in [-0.2, -0.15) is 5.10 Å². The quantitative estimate of drug-likeness (QED) is 0.506. The number of aromatic nitrogens is 5. The Labute approximate surface area is 169 Å². The number of hydrogen-bond donors (Lipinski definition) is 0. The number of rotatable bonds is 5. The number of hydrogen-bond acceptors (Lipinski definition) is 4. The minimum atomic E-state index is -0.141. The third-order valence-corrected chi connectivity index (χ3v) is 4.95. The van der Waals surface area contributed by atoms with Crippen molar-refractivity contribution in [2.75, 3.05) is 0 Å². The zero-order chi connectivity index (χ0) is 20.7. The Hall–Kier alpha value is -3.35. The lowest BCUT2D eigenvalue weighted by atomic mass is 10.1. The van der Waals surface area contributed by atoms with E-state index in [4.69, 9.17) is 4.74 Å². The second-order valence-electron chi connectivity index (χ2n) is 7.76. The molecule has 0 unspecified atom stereocenters. The minimum Gasteiger partial charge on any atom is -0.439 e. The zero-order valence-electron chi connectivity index (χ0n) is 17.3. The van der Waals surface area contributed by atoms with Gasteiger partial charge in [-0.25, -0.2) is 4.98 Å². The Morgan fingerprint density at radius 3 is 2.38 bits per heavy atom. The van der Waals surface area contributed by atoms with Gasteiger partial charge in [-0.05, 0) is 44.2 Å². The first-order valence-electron chi connectivity index (χ1n) is 9.75. The molecular weight excluding hydrogens is 366 g/mol. The van der Waals surface area contributed by atoms with Crippen molar-refractivity contribution >= 4 is 5.52 Å². The van der Waals surface area contributed by atoms with E-state index in [0.29, 0.717) is 23.2 Å². The molecule has 0 atom stereocenters. The fraction of sp³-hybridized carbons (Fsp3) is 0.318. The fourth-order valence-electron chi connectivity index (χ4n) is 3.25. The molecule has 0 amide bonds. The predicted octanol–water partition coefficient (Wildman–Crippen LogP) is 4.39. The highest BCUT2D eigenvalue weighted by atomic mass is 16.5. The van der Waals surface area contributed by atoms with Gasteiger partial charge in [0.25, 0.3) is 5.56 Å². The topological polar surface area (TPSA) is 66.4 Å². The molecule has 4 aromatic rings. The molecule has 0 N–H and O–H groups in total. The molecule has 0 aliphatic heterocycles. The van der Waals surface area contributed by atoms with Crippen LogP contribution < -0.4 is 10.3 Å². The SMILES string of the molecule is CC(C)c1ncc2c(=O)n(C)c(Oc3ccc(-c4ccn(C(C)C)n4)cc3)cn12. The van der Waals surface area contributed by atoms with Gasteiger partial charge in [-0.1, -0.05) is 13.8 Å². The molecule has 0 aliphatic rings. The maximum absolute atomic E-state index is 12.7. The smallest absolute Gasteiger partial charge is 0.279 e. The molecule has 0 bridgehead atoms. The second kappa shape index (κ2) is 7.24. The van der Waals surface area contributed by atoms with Gasteiger partial charge in [-0.15, -0.1) is 0 Å². The average Bonchev–Trinajstić information content (AvgIpc) is 3.34. The van der Waals surface area contributed by atoms with E-state index in [1.165, 1.54) is 4.57 Å². The Bertz CT molecular complexity index is 1210. The maximum Gasteiger partial charge on any atom is 0.279 e. The van der Waals surface area contributed by atoms with Crippen LogP contribution in [0.4, 0.5) is 0 Å². The Balaban J connectivity index is 1.65. The summed E-state index contributed by atoms with van der Waals surface area (Å²) in [5, 5.41) is 4.59. The maximum atomic E-state index is 12.7. The molecule has 0 aliphatic carbocycles. The van der Waals surface area contributed by atoms with E-state index in [2.05, 4.69) is 23.9 Å². The van der Waals surface area contributed by atoms with Gasteiger partial charge in [0.2, 0.25) is 5.88 Å². The first kappa shape index (κ1) is 19.0. The summed E-state index contributed by atoms with van der Waals surface area (Å²) in [5.74, 6) is 2.14. The van der Waals surface area contributed by atoms with Crippen LogP contribution in [0.25, 0.3) is 16.8 Å². The number of imidazole rings is 1. The van der Waals surface area contributed by atoms with Gasteiger partial charge >= 0.3 is 0 Å². The van der Waals surface area contributed by atoms with E-state index in [-0.39, 0.29) is 11.5 Å². The molecule has 0 spiro atoms. The van der Waals surface area contributed by atoms with E-state index in [0.717, 1.165) is 17.1 Å². The molecule has 29 heavy (non-hydrogen) atoms. The van der Waals surface area contributed by atoms with Gasteiger partial charge in [0.1, 0.15) is 17.1 Å². The van der Waals surface area contributed by atoms with Gasteiger partial charge in [-0.3, -0.25) is 18.4 Å². The molecule has 0 fully saturated rings. The minimum absolute atomic E-state index is 0.141. The Kier molecular flexibility index (Phi) is 4.74. The van der Waals surface area contributed by atoms with Crippen molar-refractivity contribution in [2.24, 2.45) is 7.05 Å². The highest BCUT2D eigenvalue weighted by molar-refractivity contribution is 5.59. The van der Waals surface area contributed by atoms with Gasteiger partial charge in [0, 0.05) is 30.8 Å². The molecule has 1 aromatic carbocycles. The summed E-state index contributed by atoms with van der Waals surface area (Å²) >= 11 is 0. The molecule has 4 rings (SSSR count). The highest BCUT2D eigenvalue weighted by Gasteiger charge is 2.14. The van der Waals surface area contributed by atoms with Crippen LogP contribution in [-0.2, 0) is 7.05 Å². The van der Waals surface area contributed by atoms with Gasteiger partial charge < -0.3 is 4.74 Å². The second-order valence-corrected chi connectivity index (χ2v) is 7.76. The van der Waals surface area contributed by atoms with Crippen LogP contribution in [-0.4, -0.2) is 23.7 Å². The van der Waals surface area contributed by atoms with Crippen LogP contribution >= 0.6 is 0 Å². The summed E-state index contributed by atoms with van der Waals surface area (Å²) in [6, 6.07) is 10.0. The summed E-state index contributed by atoms with van der Waals surface area (Å²) in [6.07, 6.45) is 5.41. The fourth-order valence-corrected chi connectivity index (χ4v) is 3.25. The Morgan fingerprint density at radius 2 is 1.76 bits per heavy atom. The van der Waals surface area contributed by atoms with Crippen LogP contribution in [0.15, 0.2) is 53.7 Å². The van der Waals surface area contributed by atoms with Crippen molar-refractivity contribution in [1.82, 2.24) is 23.7 Å². The average molecular weight is 391 g/mol. The van der Waals surface area contributed by atoms with Crippen LogP contribution in [0.2, 0.25) is 0 Å². The molecule has 3 aromatic heterocycles. The van der Waals surface area contributed by atoms with E-state index in [9.17, 15) is 4.79 Å². The van der Waals surface area contributed by atoms with E-state index >= 15 is 0 Å². The zero-order valence-corrected chi connectivity index (χ0v) is 17.3. The van der Waals surface area contributed by atoms with E-state index in [1.807, 2.05) is 65.7 Å². The molecule has 7 heteroatoms. The van der Waals surface area contributed by atoms with Gasteiger partial charge in [0.05, 0.1) is 18.1 Å². The largest absolute Gasteiger partial charge is 0.439 e. The molecule has 7 nitrogen and oxygen atoms in total.